The molecule has 1 aliphatic carbocycles. The van der Waals surface area contributed by atoms with Gasteiger partial charge in [-0.25, -0.2) is 4.98 Å². The summed E-state index contributed by atoms with van der Waals surface area (Å²) in [7, 11) is 1.96. The van der Waals surface area contributed by atoms with E-state index in [0.717, 1.165) is 53.3 Å². The number of para-hydroxylation sites is 1. The van der Waals surface area contributed by atoms with Gasteiger partial charge in [0.2, 0.25) is 11.1 Å². The van der Waals surface area contributed by atoms with Crippen molar-refractivity contribution in [1.29, 1.82) is 5.26 Å². The normalized spacial score (nSPS) is 14.3. The van der Waals surface area contributed by atoms with Gasteiger partial charge in [0, 0.05) is 17.3 Å². The van der Waals surface area contributed by atoms with Gasteiger partial charge in [0.05, 0.1) is 16.3 Å². The molecule has 3 heterocycles. The van der Waals surface area contributed by atoms with Crippen LogP contribution in [0.2, 0.25) is 0 Å². The number of fused-ring (bicyclic) bond motifs is 4. The molecule has 9 heteroatoms. The summed E-state index contributed by atoms with van der Waals surface area (Å²) >= 11 is 2.85. The van der Waals surface area contributed by atoms with Crippen LogP contribution < -0.4 is 5.32 Å². The highest BCUT2D eigenvalue weighted by Gasteiger charge is 2.26. The van der Waals surface area contributed by atoms with Gasteiger partial charge in [0.25, 0.3) is 0 Å². The molecule has 0 fully saturated rings. The number of aryl methyl sites for hydroxylation is 2. The SMILES string of the molecule is CC[C@@H](Sc1nnc2c3ccccc3n(C)c2n1)C(=O)Nc1sc2c(c1C#N)CCCC2. The van der Waals surface area contributed by atoms with E-state index in [1.807, 2.05) is 42.8 Å². The Morgan fingerprint density at radius 3 is 2.94 bits per heavy atom. The number of hydrogen-bond acceptors (Lipinski definition) is 7. The second kappa shape index (κ2) is 8.52. The lowest BCUT2D eigenvalue weighted by Gasteiger charge is -2.13. The number of nitrogens with one attached hydrogen (secondary N) is 1. The number of amides is 1. The number of thioether (sulfide) groups is 1. The van der Waals surface area contributed by atoms with Crippen LogP contribution in [0.25, 0.3) is 22.1 Å². The number of nitriles is 1. The average Bonchev–Trinajstić information content (AvgIpc) is 3.32. The molecule has 0 unspecified atom stereocenters. The van der Waals surface area contributed by atoms with Crippen molar-refractivity contribution in [1.82, 2.24) is 19.7 Å². The quantitative estimate of drug-likeness (QED) is 0.426. The molecular weight excluding hydrogens is 440 g/mol. The maximum absolute atomic E-state index is 13.1. The van der Waals surface area contributed by atoms with Crippen molar-refractivity contribution in [2.75, 3.05) is 5.32 Å². The van der Waals surface area contributed by atoms with Crippen LogP contribution >= 0.6 is 23.1 Å². The van der Waals surface area contributed by atoms with Crippen LogP contribution in [-0.4, -0.2) is 30.9 Å². The summed E-state index contributed by atoms with van der Waals surface area (Å²) < 4.78 is 2.00. The zero-order valence-electron chi connectivity index (χ0n) is 17.9. The summed E-state index contributed by atoms with van der Waals surface area (Å²) in [5.41, 5.74) is 4.30. The lowest BCUT2D eigenvalue weighted by atomic mass is 9.96. The second-order valence-corrected chi connectivity index (χ2v) is 10.1. The van der Waals surface area contributed by atoms with Gasteiger partial charge in [-0.2, -0.15) is 5.26 Å². The van der Waals surface area contributed by atoms with Crippen LogP contribution in [0, 0.1) is 11.3 Å². The minimum atomic E-state index is -0.380. The maximum Gasteiger partial charge on any atom is 0.238 e. The number of carbonyl (C=O) groups excluding carboxylic acids is 1. The van der Waals surface area contributed by atoms with Gasteiger partial charge in [0.1, 0.15) is 16.6 Å². The van der Waals surface area contributed by atoms with E-state index in [4.69, 9.17) is 4.98 Å². The molecule has 1 aromatic carbocycles. The van der Waals surface area contributed by atoms with E-state index in [0.29, 0.717) is 22.1 Å². The molecule has 1 N–H and O–H groups in total. The first-order valence-electron chi connectivity index (χ1n) is 10.7. The summed E-state index contributed by atoms with van der Waals surface area (Å²) in [5.74, 6) is -0.131. The minimum absolute atomic E-state index is 0.131. The lowest BCUT2D eigenvalue weighted by Crippen LogP contribution is -2.24. The zero-order valence-corrected chi connectivity index (χ0v) is 19.5. The Kier molecular flexibility index (Phi) is 5.57. The predicted molar refractivity (Wildman–Crippen MR) is 128 cm³/mol. The molecule has 3 aromatic heterocycles. The van der Waals surface area contributed by atoms with Crippen LogP contribution in [0.3, 0.4) is 0 Å². The molecule has 0 saturated carbocycles. The summed E-state index contributed by atoms with van der Waals surface area (Å²) in [6.45, 7) is 1.96. The fourth-order valence-corrected chi connectivity index (χ4v) is 6.31. The van der Waals surface area contributed by atoms with Crippen molar-refractivity contribution in [2.45, 2.75) is 49.4 Å². The molecule has 32 heavy (non-hydrogen) atoms. The van der Waals surface area contributed by atoms with Crippen molar-refractivity contribution in [3.8, 4) is 6.07 Å². The number of anilines is 1. The van der Waals surface area contributed by atoms with Gasteiger partial charge in [0.15, 0.2) is 5.65 Å². The van der Waals surface area contributed by atoms with E-state index < -0.39 is 0 Å². The molecule has 1 aliphatic rings. The first-order chi connectivity index (χ1) is 15.6. The third kappa shape index (κ3) is 3.53. The van der Waals surface area contributed by atoms with E-state index >= 15 is 0 Å². The van der Waals surface area contributed by atoms with Crippen LogP contribution in [0.15, 0.2) is 29.4 Å². The molecule has 1 atom stereocenters. The molecule has 0 spiro atoms. The van der Waals surface area contributed by atoms with Gasteiger partial charge >= 0.3 is 0 Å². The Balaban J connectivity index is 1.40. The highest BCUT2D eigenvalue weighted by Crippen LogP contribution is 2.38. The number of nitrogens with zero attached hydrogens (tertiary/aromatic N) is 5. The van der Waals surface area contributed by atoms with Gasteiger partial charge in [-0.3, -0.25) is 4.79 Å². The fourth-order valence-electron chi connectivity index (χ4n) is 4.26. The minimum Gasteiger partial charge on any atom is -0.327 e. The van der Waals surface area contributed by atoms with E-state index in [1.165, 1.54) is 16.6 Å². The molecule has 0 saturated heterocycles. The largest absolute Gasteiger partial charge is 0.327 e. The summed E-state index contributed by atoms with van der Waals surface area (Å²) in [6, 6.07) is 10.3. The van der Waals surface area contributed by atoms with Gasteiger partial charge in [-0.15, -0.1) is 21.5 Å². The summed E-state index contributed by atoms with van der Waals surface area (Å²) in [5, 5.41) is 23.1. The average molecular weight is 463 g/mol. The monoisotopic (exact) mass is 462 g/mol. The topological polar surface area (TPSA) is 96.5 Å². The standard InChI is InChI=1S/C23H22N6OS2/c1-3-17(21(30)26-22-15(12-24)13-8-5-7-11-18(13)31-22)32-23-25-20-19(27-28-23)14-9-4-6-10-16(14)29(20)2/h4,6,9-10,17H,3,5,7-8,11H2,1-2H3,(H,26,30)/t17-/m1/s1. The number of thiophene rings is 1. The van der Waals surface area contributed by atoms with Crippen LogP contribution in [0.4, 0.5) is 5.00 Å². The number of benzene rings is 1. The van der Waals surface area contributed by atoms with E-state index in [2.05, 4.69) is 21.6 Å². The van der Waals surface area contributed by atoms with Crippen molar-refractivity contribution in [3.63, 3.8) is 0 Å². The van der Waals surface area contributed by atoms with Crippen LogP contribution in [-0.2, 0) is 24.7 Å². The number of rotatable bonds is 5. The van der Waals surface area contributed by atoms with E-state index in [9.17, 15) is 10.1 Å². The number of hydrogen-bond donors (Lipinski definition) is 1. The van der Waals surface area contributed by atoms with Gasteiger partial charge in [-0.05, 0) is 43.7 Å². The summed E-state index contributed by atoms with van der Waals surface area (Å²) in [6.07, 6.45) is 4.75. The van der Waals surface area contributed by atoms with E-state index in [-0.39, 0.29) is 11.2 Å². The Morgan fingerprint density at radius 2 is 2.12 bits per heavy atom. The smallest absolute Gasteiger partial charge is 0.238 e. The molecule has 0 bridgehead atoms. The van der Waals surface area contributed by atoms with Gasteiger partial charge < -0.3 is 9.88 Å². The zero-order chi connectivity index (χ0) is 22.2. The van der Waals surface area contributed by atoms with Crippen molar-refractivity contribution >= 4 is 56.1 Å². The third-order valence-corrected chi connectivity index (χ3v) is 8.34. The Labute approximate surface area is 193 Å². The van der Waals surface area contributed by atoms with Crippen molar-refractivity contribution in [2.24, 2.45) is 7.05 Å². The third-order valence-electron chi connectivity index (χ3n) is 5.92. The summed E-state index contributed by atoms with van der Waals surface area (Å²) in [4.78, 5) is 19.0. The van der Waals surface area contributed by atoms with Crippen LogP contribution in [0.1, 0.15) is 42.2 Å². The number of aromatic nitrogens is 4. The fraction of sp³-hybridized carbons (Fsp3) is 0.348. The first-order valence-corrected chi connectivity index (χ1v) is 12.4. The lowest BCUT2D eigenvalue weighted by molar-refractivity contribution is -0.115. The second-order valence-electron chi connectivity index (χ2n) is 7.87. The molecule has 5 rings (SSSR count). The van der Waals surface area contributed by atoms with Crippen molar-refractivity contribution < 1.29 is 4.79 Å². The van der Waals surface area contributed by atoms with Gasteiger partial charge in [-0.1, -0.05) is 36.9 Å². The predicted octanol–water partition coefficient (Wildman–Crippen LogP) is 4.84. The Hall–Kier alpha value is -2.96. The molecular formula is C23H22N6OS2. The maximum atomic E-state index is 13.1. The Morgan fingerprint density at radius 1 is 1.31 bits per heavy atom. The van der Waals surface area contributed by atoms with E-state index in [1.54, 1.807) is 11.3 Å². The molecule has 0 aliphatic heterocycles. The van der Waals surface area contributed by atoms with Crippen LogP contribution in [0.5, 0.6) is 0 Å². The molecule has 162 valence electrons. The molecule has 4 aromatic rings. The molecule has 1 amide bonds. The van der Waals surface area contributed by atoms with Crippen molar-refractivity contribution in [3.05, 3.63) is 40.3 Å². The Bertz CT molecular complexity index is 1380. The highest BCUT2D eigenvalue weighted by atomic mass is 32.2. The number of carbonyl (C=O) groups is 1. The molecule has 7 nitrogen and oxygen atoms in total. The molecule has 0 radical (unpaired) electrons. The first kappa shape index (κ1) is 20.9. The highest BCUT2D eigenvalue weighted by molar-refractivity contribution is 8.00.